The van der Waals surface area contributed by atoms with Gasteiger partial charge in [-0.1, -0.05) is 18.2 Å². The van der Waals surface area contributed by atoms with Gasteiger partial charge in [-0.15, -0.1) is 10.2 Å². The van der Waals surface area contributed by atoms with Gasteiger partial charge in [-0.05, 0) is 30.3 Å². The third kappa shape index (κ3) is 3.51. The molecule has 1 aromatic heterocycles. The Kier molecular flexibility index (Phi) is 4.54. The van der Waals surface area contributed by atoms with Crippen LogP contribution in [0.5, 0.6) is 11.5 Å². The Morgan fingerprint density at radius 1 is 1.00 bits per heavy atom. The van der Waals surface area contributed by atoms with Gasteiger partial charge in [0.05, 0.1) is 11.4 Å². The molecule has 0 spiro atoms. The number of hydrogen-bond acceptors (Lipinski definition) is 7. The Morgan fingerprint density at radius 3 is 2.52 bits per heavy atom. The Labute approximate surface area is 156 Å². The molecule has 0 unspecified atom stereocenters. The Morgan fingerprint density at radius 2 is 1.74 bits per heavy atom. The Bertz CT molecular complexity index is 1050. The summed E-state index contributed by atoms with van der Waals surface area (Å²) in [5.41, 5.74) is 0.673. The van der Waals surface area contributed by atoms with Gasteiger partial charge in [0.15, 0.2) is 11.5 Å². The number of benzene rings is 2. The number of sulfonamides is 1. The first-order valence-corrected chi connectivity index (χ1v) is 9.72. The molecule has 0 fully saturated rings. The molecular weight excluding hydrogens is 370 g/mol. The predicted molar refractivity (Wildman–Crippen MR) is 95.8 cm³/mol. The summed E-state index contributed by atoms with van der Waals surface area (Å²) >= 11 is 0. The molecule has 8 nitrogen and oxygen atoms in total. The molecule has 3 aromatic rings. The number of hydrogen-bond donors (Lipinski definition) is 0. The summed E-state index contributed by atoms with van der Waals surface area (Å²) < 4.78 is 43.0. The summed E-state index contributed by atoms with van der Waals surface area (Å²) in [4.78, 5) is 0.207. The number of rotatable bonds is 5. The van der Waals surface area contributed by atoms with Crippen LogP contribution in [0.2, 0.25) is 0 Å². The summed E-state index contributed by atoms with van der Waals surface area (Å²) in [6, 6.07) is 13.5. The van der Waals surface area contributed by atoms with Crippen LogP contribution in [-0.2, 0) is 16.6 Å². The van der Waals surface area contributed by atoms with E-state index in [0.29, 0.717) is 30.3 Å². The van der Waals surface area contributed by atoms with Crippen molar-refractivity contribution in [1.29, 1.82) is 0 Å². The third-order valence-corrected chi connectivity index (χ3v) is 5.88. The molecule has 0 atom stereocenters. The molecule has 0 radical (unpaired) electrons. The van der Waals surface area contributed by atoms with Crippen LogP contribution in [0.4, 0.5) is 0 Å². The summed E-state index contributed by atoms with van der Waals surface area (Å²) in [5.74, 6) is 1.76. The SMILES string of the molecule is CN(Cc1nnc(-c2ccc3c(c2)OCCO3)o1)S(=O)(=O)c1ccccc1. The zero-order chi connectivity index (χ0) is 18.9. The largest absolute Gasteiger partial charge is 0.486 e. The molecule has 0 N–H and O–H groups in total. The van der Waals surface area contributed by atoms with Crippen molar-refractivity contribution in [2.45, 2.75) is 11.4 Å². The summed E-state index contributed by atoms with van der Waals surface area (Å²) in [6.07, 6.45) is 0. The second-order valence-corrected chi connectivity index (χ2v) is 7.98. The molecule has 0 amide bonds. The minimum atomic E-state index is -3.64. The van der Waals surface area contributed by atoms with Gasteiger partial charge in [0.1, 0.15) is 13.2 Å². The maximum absolute atomic E-state index is 12.6. The van der Waals surface area contributed by atoms with E-state index in [1.165, 1.54) is 11.4 Å². The molecule has 0 bridgehead atoms. The number of ether oxygens (including phenoxy) is 2. The van der Waals surface area contributed by atoms with Gasteiger partial charge >= 0.3 is 0 Å². The maximum atomic E-state index is 12.6. The fraction of sp³-hybridized carbons (Fsp3) is 0.222. The Hall–Kier alpha value is -2.91. The van der Waals surface area contributed by atoms with E-state index in [9.17, 15) is 8.42 Å². The van der Waals surface area contributed by atoms with Crippen molar-refractivity contribution in [1.82, 2.24) is 14.5 Å². The molecule has 2 aromatic carbocycles. The monoisotopic (exact) mass is 387 g/mol. The van der Waals surface area contributed by atoms with Gasteiger partial charge < -0.3 is 13.9 Å². The van der Waals surface area contributed by atoms with Crippen LogP contribution in [0.3, 0.4) is 0 Å². The van der Waals surface area contributed by atoms with Crippen molar-refractivity contribution < 1.29 is 22.3 Å². The van der Waals surface area contributed by atoms with E-state index in [4.69, 9.17) is 13.9 Å². The molecule has 0 saturated carbocycles. The normalized spacial score (nSPS) is 13.7. The molecule has 2 heterocycles. The average Bonchev–Trinajstić information content (AvgIpc) is 3.16. The zero-order valence-corrected chi connectivity index (χ0v) is 15.3. The standard InChI is InChI=1S/C18H17N3O5S/c1-21(27(22,23)14-5-3-2-4-6-14)12-17-19-20-18(26-17)13-7-8-15-16(11-13)25-10-9-24-15/h2-8,11H,9-10,12H2,1H3. The van der Waals surface area contributed by atoms with Gasteiger partial charge in [0.25, 0.3) is 0 Å². The van der Waals surface area contributed by atoms with Crippen LogP contribution in [0, 0.1) is 0 Å². The van der Waals surface area contributed by atoms with Gasteiger partial charge in [-0.2, -0.15) is 4.31 Å². The molecule has 4 rings (SSSR count). The molecule has 9 heteroatoms. The summed E-state index contributed by atoms with van der Waals surface area (Å²) in [6.45, 7) is 0.960. The van der Waals surface area contributed by atoms with Crippen LogP contribution >= 0.6 is 0 Å². The van der Waals surface area contributed by atoms with Crippen LogP contribution in [0.15, 0.2) is 57.8 Å². The van der Waals surface area contributed by atoms with Crippen LogP contribution < -0.4 is 9.47 Å². The second-order valence-electron chi connectivity index (χ2n) is 5.93. The van der Waals surface area contributed by atoms with Gasteiger partial charge in [0, 0.05) is 12.6 Å². The first-order chi connectivity index (χ1) is 13.0. The highest BCUT2D eigenvalue weighted by molar-refractivity contribution is 7.89. The lowest BCUT2D eigenvalue weighted by atomic mass is 10.2. The van der Waals surface area contributed by atoms with Gasteiger partial charge in [-0.3, -0.25) is 0 Å². The van der Waals surface area contributed by atoms with E-state index in [2.05, 4.69) is 10.2 Å². The number of fused-ring (bicyclic) bond motifs is 1. The predicted octanol–water partition coefficient (Wildman–Crippen LogP) is 2.33. The Balaban J connectivity index is 1.53. The van der Waals surface area contributed by atoms with Crippen molar-refractivity contribution in [3.8, 4) is 23.0 Å². The number of aromatic nitrogens is 2. The molecule has 1 aliphatic rings. The van der Waals surface area contributed by atoms with Gasteiger partial charge in [-0.25, -0.2) is 8.42 Å². The fourth-order valence-corrected chi connectivity index (χ4v) is 3.80. The lowest BCUT2D eigenvalue weighted by Crippen LogP contribution is -2.26. The highest BCUT2D eigenvalue weighted by atomic mass is 32.2. The highest BCUT2D eigenvalue weighted by Crippen LogP contribution is 2.34. The molecular formula is C18H17N3O5S. The highest BCUT2D eigenvalue weighted by Gasteiger charge is 2.23. The van der Waals surface area contributed by atoms with Crippen LogP contribution in [0.1, 0.15) is 5.89 Å². The van der Waals surface area contributed by atoms with Crippen molar-refractivity contribution in [2.24, 2.45) is 0 Å². The molecule has 140 valence electrons. The van der Waals surface area contributed by atoms with E-state index >= 15 is 0 Å². The van der Waals surface area contributed by atoms with Crippen LogP contribution in [0.25, 0.3) is 11.5 Å². The molecule has 27 heavy (non-hydrogen) atoms. The van der Waals surface area contributed by atoms with Crippen molar-refractivity contribution in [2.75, 3.05) is 20.3 Å². The maximum Gasteiger partial charge on any atom is 0.247 e. The first kappa shape index (κ1) is 17.5. The minimum absolute atomic E-state index is 0.0330. The fourth-order valence-electron chi connectivity index (χ4n) is 2.66. The lowest BCUT2D eigenvalue weighted by Gasteiger charge is -2.18. The lowest BCUT2D eigenvalue weighted by molar-refractivity contribution is 0.171. The smallest absolute Gasteiger partial charge is 0.247 e. The number of nitrogens with zero attached hydrogens (tertiary/aromatic N) is 3. The molecule has 1 aliphatic heterocycles. The van der Waals surface area contributed by atoms with E-state index in [1.807, 2.05) is 0 Å². The first-order valence-electron chi connectivity index (χ1n) is 8.28. The molecule has 0 saturated heterocycles. The van der Waals surface area contributed by atoms with Crippen molar-refractivity contribution in [3.05, 3.63) is 54.4 Å². The van der Waals surface area contributed by atoms with E-state index in [-0.39, 0.29) is 23.2 Å². The zero-order valence-electron chi connectivity index (χ0n) is 14.5. The minimum Gasteiger partial charge on any atom is -0.486 e. The average molecular weight is 387 g/mol. The van der Waals surface area contributed by atoms with E-state index in [0.717, 1.165) is 0 Å². The quantitative estimate of drug-likeness (QED) is 0.663. The van der Waals surface area contributed by atoms with Crippen LogP contribution in [-0.4, -0.2) is 43.2 Å². The summed E-state index contributed by atoms with van der Waals surface area (Å²) in [7, 11) is -2.17. The van der Waals surface area contributed by atoms with Crippen molar-refractivity contribution in [3.63, 3.8) is 0 Å². The van der Waals surface area contributed by atoms with Crippen molar-refractivity contribution >= 4 is 10.0 Å². The third-order valence-electron chi connectivity index (χ3n) is 4.07. The van der Waals surface area contributed by atoms with Gasteiger partial charge in [0.2, 0.25) is 21.8 Å². The van der Waals surface area contributed by atoms with E-state index < -0.39 is 10.0 Å². The second kappa shape index (κ2) is 7.01. The topological polar surface area (TPSA) is 94.8 Å². The van der Waals surface area contributed by atoms with E-state index in [1.54, 1.807) is 48.5 Å². The summed E-state index contributed by atoms with van der Waals surface area (Å²) in [5, 5.41) is 7.97. The molecule has 0 aliphatic carbocycles.